The molecule has 1 heterocycles. The molecule has 0 aliphatic rings. The van der Waals surface area contributed by atoms with Crippen LogP contribution < -0.4 is 0 Å². The summed E-state index contributed by atoms with van der Waals surface area (Å²) in [5, 5.41) is 9.46. The highest BCUT2D eigenvalue weighted by atomic mass is 35.5. The van der Waals surface area contributed by atoms with E-state index >= 15 is 0 Å². The maximum Gasteiger partial charge on any atom is 0.309 e. The summed E-state index contributed by atoms with van der Waals surface area (Å²) in [4.78, 5) is 15.7. The summed E-state index contributed by atoms with van der Waals surface area (Å²) in [5.41, 5.74) is 3.67. The Morgan fingerprint density at radius 2 is 1.79 bits per heavy atom. The van der Waals surface area contributed by atoms with E-state index in [1.165, 1.54) is 0 Å². The molecule has 3 aromatic rings. The van der Waals surface area contributed by atoms with Gasteiger partial charge in [-0.05, 0) is 18.1 Å². The minimum absolute atomic E-state index is 0.162. The maximum absolute atomic E-state index is 11.2. The summed E-state index contributed by atoms with van der Waals surface area (Å²) in [5.74, 6) is -0.248. The molecule has 0 aliphatic heterocycles. The molecule has 0 spiro atoms. The van der Waals surface area contributed by atoms with Gasteiger partial charge in [0.15, 0.2) is 5.15 Å². The molecule has 3 rings (SSSR count). The minimum atomic E-state index is -0.928. The summed E-state index contributed by atoms with van der Waals surface area (Å²) in [6.45, 7) is 2.56. The molecule has 0 bridgehead atoms. The van der Waals surface area contributed by atoms with Gasteiger partial charge in [-0.1, -0.05) is 66.2 Å². The molecule has 24 heavy (non-hydrogen) atoms. The average Bonchev–Trinajstić information content (AvgIpc) is 2.86. The van der Waals surface area contributed by atoms with E-state index < -0.39 is 5.97 Å². The van der Waals surface area contributed by atoms with Crippen LogP contribution in [0.4, 0.5) is 0 Å². The van der Waals surface area contributed by atoms with Crippen molar-refractivity contribution in [3.63, 3.8) is 0 Å². The third kappa shape index (κ3) is 3.34. The van der Waals surface area contributed by atoms with Crippen LogP contribution in [0.5, 0.6) is 0 Å². The predicted molar refractivity (Wildman–Crippen MR) is 94.3 cm³/mol. The first-order chi connectivity index (χ1) is 11.6. The van der Waals surface area contributed by atoms with E-state index in [-0.39, 0.29) is 11.6 Å². The van der Waals surface area contributed by atoms with Gasteiger partial charge in [0.2, 0.25) is 0 Å². The summed E-state index contributed by atoms with van der Waals surface area (Å²) >= 11 is 6.25. The van der Waals surface area contributed by atoms with E-state index in [2.05, 4.69) is 4.98 Å². The minimum Gasteiger partial charge on any atom is -0.481 e. The lowest BCUT2D eigenvalue weighted by molar-refractivity contribution is -0.136. The van der Waals surface area contributed by atoms with Gasteiger partial charge in [-0.25, -0.2) is 4.98 Å². The van der Waals surface area contributed by atoms with Gasteiger partial charge < -0.3 is 9.67 Å². The van der Waals surface area contributed by atoms with Gasteiger partial charge in [-0.3, -0.25) is 4.79 Å². The standard InChI is InChI=1S/C19H17ClN2O2/c1-13-7-5-6-10-15(13)12-22-16(11-17(23)24)18(20)21-19(22)14-8-3-2-4-9-14/h2-10H,11-12H2,1H3,(H,23,24). The molecule has 0 radical (unpaired) electrons. The number of hydrogen-bond donors (Lipinski definition) is 1. The zero-order chi connectivity index (χ0) is 17.1. The number of benzene rings is 2. The van der Waals surface area contributed by atoms with Crippen molar-refractivity contribution in [1.29, 1.82) is 0 Å². The molecule has 1 aromatic heterocycles. The van der Waals surface area contributed by atoms with E-state index in [1.54, 1.807) is 0 Å². The van der Waals surface area contributed by atoms with Crippen LogP contribution in [0, 0.1) is 6.92 Å². The molecule has 0 unspecified atom stereocenters. The van der Waals surface area contributed by atoms with E-state index in [0.29, 0.717) is 18.1 Å². The predicted octanol–water partition coefficient (Wildman–Crippen LogP) is 4.19. The van der Waals surface area contributed by atoms with Gasteiger partial charge in [0.1, 0.15) is 5.82 Å². The van der Waals surface area contributed by atoms with Crippen LogP contribution in [-0.4, -0.2) is 20.6 Å². The number of aryl methyl sites for hydroxylation is 1. The third-order valence-electron chi connectivity index (χ3n) is 3.96. The van der Waals surface area contributed by atoms with Crippen LogP contribution in [0.2, 0.25) is 5.15 Å². The number of nitrogens with zero attached hydrogens (tertiary/aromatic N) is 2. The summed E-state index contributed by atoms with van der Waals surface area (Å²) in [7, 11) is 0. The van der Waals surface area contributed by atoms with Crippen molar-refractivity contribution in [2.24, 2.45) is 0 Å². The number of aromatic nitrogens is 2. The molecule has 4 nitrogen and oxygen atoms in total. The smallest absolute Gasteiger partial charge is 0.309 e. The normalized spacial score (nSPS) is 10.8. The maximum atomic E-state index is 11.2. The van der Waals surface area contributed by atoms with Crippen LogP contribution in [0.1, 0.15) is 16.8 Å². The number of aliphatic carboxylic acids is 1. The fourth-order valence-electron chi connectivity index (χ4n) is 2.70. The lowest BCUT2D eigenvalue weighted by Crippen LogP contribution is -2.11. The van der Waals surface area contributed by atoms with Gasteiger partial charge in [-0.2, -0.15) is 0 Å². The Labute approximate surface area is 145 Å². The van der Waals surface area contributed by atoms with Gasteiger partial charge in [0.25, 0.3) is 0 Å². The molecule has 0 saturated carbocycles. The highest BCUT2D eigenvalue weighted by molar-refractivity contribution is 6.30. The Hall–Kier alpha value is -2.59. The van der Waals surface area contributed by atoms with Crippen molar-refractivity contribution in [3.05, 3.63) is 76.6 Å². The van der Waals surface area contributed by atoms with Crippen LogP contribution in [-0.2, 0) is 17.8 Å². The van der Waals surface area contributed by atoms with E-state index in [9.17, 15) is 9.90 Å². The Kier molecular flexibility index (Phi) is 4.67. The zero-order valence-electron chi connectivity index (χ0n) is 13.2. The molecule has 0 saturated heterocycles. The molecular formula is C19H17ClN2O2. The zero-order valence-corrected chi connectivity index (χ0v) is 14.0. The average molecular weight is 341 g/mol. The van der Waals surface area contributed by atoms with Crippen molar-refractivity contribution >= 4 is 17.6 Å². The fourth-order valence-corrected chi connectivity index (χ4v) is 2.95. The quantitative estimate of drug-likeness (QED) is 0.757. The Bertz CT molecular complexity index is 872. The monoisotopic (exact) mass is 340 g/mol. The van der Waals surface area contributed by atoms with Crippen LogP contribution in [0.15, 0.2) is 54.6 Å². The first kappa shape index (κ1) is 16.3. The molecule has 0 amide bonds. The molecule has 122 valence electrons. The third-order valence-corrected chi connectivity index (χ3v) is 4.27. The number of imidazole rings is 1. The van der Waals surface area contributed by atoms with E-state index in [4.69, 9.17) is 11.6 Å². The Balaban J connectivity index is 2.13. The summed E-state index contributed by atoms with van der Waals surface area (Å²) in [6.07, 6.45) is -0.162. The van der Waals surface area contributed by atoms with Gasteiger partial charge in [0.05, 0.1) is 12.1 Å². The Morgan fingerprint density at radius 3 is 2.46 bits per heavy atom. The topological polar surface area (TPSA) is 55.1 Å². The van der Waals surface area contributed by atoms with E-state index in [0.717, 1.165) is 16.7 Å². The molecule has 0 atom stereocenters. The van der Waals surface area contributed by atoms with Crippen LogP contribution in [0.25, 0.3) is 11.4 Å². The second-order valence-electron chi connectivity index (χ2n) is 5.62. The molecule has 2 aromatic carbocycles. The highest BCUT2D eigenvalue weighted by Crippen LogP contribution is 2.27. The lowest BCUT2D eigenvalue weighted by atomic mass is 10.1. The second kappa shape index (κ2) is 6.89. The van der Waals surface area contributed by atoms with Crippen LogP contribution in [0.3, 0.4) is 0 Å². The van der Waals surface area contributed by atoms with Crippen LogP contribution >= 0.6 is 11.6 Å². The summed E-state index contributed by atoms with van der Waals surface area (Å²) in [6, 6.07) is 17.7. The highest BCUT2D eigenvalue weighted by Gasteiger charge is 2.19. The number of carboxylic acids is 1. The number of hydrogen-bond acceptors (Lipinski definition) is 2. The number of carbonyl (C=O) groups is 1. The molecule has 0 fully saturated rings. The number of rotatable bonds is 5. The molecule has 0 aliphatic carbocycles. The molecular weight excluding hydrogens is 324 g/mol. The molecule has 5 heteroatoms. The van der Waals surface area contributed by atoms with Crippen molar-refractivity contribution < 1.29 is 9.90 Å². The molecule has 1 N–H and O–H groups in total. The largest absolute Gasteiger partial charge is 0.481 e. The Morgan fingerprint density at radius 1 is 1.12 bits per heavy atom. The van der Waals surface area contributed by atoms with Crippen molar-refractivity contribution in [1.82, 2.24) is 9.55 Å². The SMILES string of the molecule is Cc1ccccc1Cn1c(-c2ccccc2)nc(Cl)c1CC(=O)O. The van der Waals surface area contributed by atoms with Gasteiger partial charge in [0, 0.05) is 12.1 Å². The van der Waals surface area contributed by atoms with Crippen molar-refractivity contribution in [2.75, 3.05) is 0 Å². The van der Waals surface area contributed by atoms with Crippen molar-refractivity contribution in [3.8, 4) is 11.4 Å². The fraction of sp³-hybridized carbons (Fsp3) is 0.158. The van der Waals surface area contributed by atoms with Gasteiger partial charge in [-0.15, -0.1) is 0 Å². The first-order valence-electron chi connectivity index (χ1n) is 7.63. The van der Waals surface area contributed by atoms with Gasteiger partial charge >= 0.3 is 5.97 Å². The number of carboxylic acid groups (broad SMARTS) is 1. The number of halogens is 1. The first-order valence-corrected chi connectivity index (χ1v) is 8.00. The summed E-state index contributed by atoms with van der Waals surface area (Å²) < 4.78 is 1.90. The van der Waals surface area contributed by atoms with E-state index in [1.807, 2.05) is 66.1 Å². The lowest BCUT2D eigenvalue weighted by Gasteiger charge is -2.13. The van der Waals surface area contributed by atoms with Crippen molar-refractivity contribution in [2.45, 2.75) is 19.9 Å². The second-order valence-corrected chi connectivity index (χ2v) is 5.98.